The summed E-state index contributed by atoms with van der Waals surface area (Å²) < 4.78 is 21.1. The van der Waals surface area contributed by atoms with Crippen molar-refractivity contribution >= 4 is 29.3 Å². The maximum Gasteiger partial charge on any atom is 0.251 e. The van der Waals surface area contributed by atoms with Crippen molar-refractivity contribution in [2.45, 2.75) is 18.6 Å². The summed E-state index contributed by atoms with van der Waals surface area (Å²) >= 11 is 1.13. The normalized spacial score (nSPS) is 10.6. The highest BCUT2D eigenvalue weighted by Crippen LogP contribution is 2.29. The molecule has 4 rings (SSSR count). The smallest absolute Gasteiger partial charge is 0.251 e. The van der Waals surface area contributed by atoms with Crippen LogP contribution < -0.4 is 15.4 Å². The minimum Gasteiger partial charge on any atom is -0.495 e. The van der Waals surface area contributed by atoms with E-state index >= 15 is 0 Å². The molecule has 0 aliphatic rings. The molecule has 36 heavy (non-hydrogen) atoms. The number of aromatic nitrogens is 3. The van der Waals surface area contributed by atoms with Crippen LogP contribution in [-0.2, 0) is 11.3 Å². The van der Waals surface area contributed by atoms with Gasteiger partial charge in [-0.15, -0.1) is 10.2 Å². The van der Waals surface area contributed by atoms with E-state index in [1.54, 1.807) is 42.0 Å². The van der Waals surface area contributed by atoms with Crippen LogP contribution in [0.5, 0.6) is 5.75 Å². The van der Waals surface area contributed by atoms with E-state index in [9.17, 15) is 14.0 Å². The summed E-state index contributed by atoms with van der Waals surface area (Å²) in [5.41, 5.74) is 2.28. The highest BCUT2D eigenvalue weighted by Gasteiger charge is 2.19. The molecule has 0 saturated heterocycles. The number of rotatable bonds is 9. The Balaban J connectivity index is 1.55. The van der Waals surface area contributed by atoms with Gasteiger partial charge in [0.25, 0.3) is 5.91 Å². The molecular weight excluding hydrogens is 481 g/mol. The van der Waals surface area contributed by atoms with Gasteiger partial charge in [-0.1, -0.05) is 53.7 Å². The number of halogens is 1. The van der Waals surface area contributed by atoms with Gasteiger partial charge < -0.3 is 15.4 Å². The molecule has 4 aromatic rings. The zero-order chi connectivity index (χ0) is 25.5. The molecule has 2 N–H and O–H groups in total. The van der Waals surface area contributed by atoms with Gasteiger partial charge in [-0.2, -0.15) is 0 Å². The van der Waals surface area contributed by atoms with Gasteiger partial charge in [0.15, 0.2) is 11.0 Å². The molecule has 0 aliphatic heterocycles. The number of carbonyl (C=O) groups is 2. The zero-order valence-corrected chi connectivity index (χ0v) is 20.5. The summed E-state index contributed by atoms with van der Waals surface area (Å²) in [6, 6.07) is 20.5. The molecule has 0 bridgehead atoms. The van der Waals surface area contributed by atoms with Gasteiger partial charge in [0, 0.05) is 5.56 Å². The lowest BCUT2D eigenvalue weighted by Gasteiger charge is -2.14. The van der Waals surface area contributed by atoms with Gasteiger partial charge in [0.2, 0.25) is 5.91 Å². The number of anilines is 1. The van der Waals surface area contributed by atoms with Gasteiger partial charge in [0.1, 0.15) is 11.6 Å². The predicted molar refractivity (Wildman–Crippen MR) is 136 cm³/mol. The van der Waals surface area contributed by atoms with E-state index < -0.39 is 11.7 Å². The van der Waals surface area contributed by atoms with Crippen molar-refractivity contribution in [1.82, 2.24) is 20.1 Å². The SMILES string of the molecule is COc1ccccc1-n1c(CNC(=O)c2cccc(C)c2)nnc1SCC(=O)Nc1ccccc1F. The lowest BCUT2D eigenvalue weighted by Crippen LogP contribution is -2.24. The number of nitrogens with zero attached hydrogens (tertiary/aromatic N) is 3. The number of hydrogen-bond donors (Lipinski definition) is 2. The summed E-state index contributed by atoms with van der Waals surface area (Å²) in [5.74, 6) is -0.156. The molecular formula is C26H24FN5O3S. The maximum atomic E-state index is 13.9. The molecule has 0 radical (unpaired) electrons. The second kappa shape index (κ2) is 11.5. The third-order valence-corrected chi connectivity index (χ3v) is 6.12. The molecule has 0 atom stereocenters. The van der Waals surface area contributed by atoms with Crippen molar-refractivity contribution in [3.63, 3.8) is 0 Å². The van der Waals surface area contributed by atoms with E-state index in [0.29, 0.717) is 28.0 Å². The van der Waals surface area contributed by atoms with Crippen LogP contribution in [0.25, 0.3) is 5.69 Å². The third kappa shape index (κ3) is 5.89. The Morgan fingerprint density at radius 1 is 1.03 bits per heavy atom. The van der Waals surface area contributed by atoms with Crippen molar-refractivity contribution in [2.75, 3.05) is 18.2 Å². The largest absolute Gasteiger partial charge is 0.495 e. The highest BCUT2D eigenvalue weighted by atomic mass is 32.2. The van der Waals surface area contributed by atoms with Crippen LogP contribution in [0.3, 0.4) is 0 Å². The van der Waals surface area contributed by atoms with Gasteiger partial charge in [-0.25, -0.2) is 4.39 Å². The van der Waals surface area contributed by atoms with Crippen molar-refractivity contribution in [1.29, 1.82) is 0 Å². The van der Waals surface area contributed by atoms with Crippen molar-refractivity contribution in [2.24, 2.45) is 0 Å². The average Bonchev–Trinajstić information content (AvgIpc) is 3.29. The first-order valence-electron chi connectivity index (χ1n) is 11.1. The molecule has 2 amide bonds. The number of para-hydroxylation sites is 3. The Hall–Kier alpha value is -4.18. The standard InChI is InChI=1S/C26H24FN5O3S/c1-17-8-7-9-18(14-17)25(34)28-15-23-30-31-26(32(23)21-12-5-6-13-22(21)35-2)36-16-24(33)29-20-11-4-3-10-19(20)27/h3-14H,15-16H2,1-2H3,(H,28,34)(H,29,33). The number of benzene rings is 3. The maximum absolute atomic E-state index is 13.9. The van der Waals surface area contributed by atoms with Crippen LogP contribution >= 0.6 is 11.8 Å². The molecule has 0 spiro atoms. The van der Waals surface area contributed by atoms with Crippen LogP contribution in [0.15, 0.2) is 78.0 Å². The lowest BCUT2D eigenvalue weighted by atomic mass is 10.1. The van der Waals surface area contributed by atoms with Crippen LogP contribution in [0, 0.1) is 12.7 Å². The first kappa shape index (κ1) is 24.9. The van der Waals surface area contributed by atoms with E-state index in [0.717, 1.165) is 17.3 Å². The first-order valence-corrected chi connectivity index (χ1v) is 12.0. The first-order chi connectivity index (χ1) is 17.5. The fraction of sp³-hybridized carbons (Fsp3) is 0.154. The molecule has 184 valence electrons. The van der Waals surface area contributed by atoms with Gasteiger partial charge in [-0.3, -0.25) is 14.2 Å². The zero-order valence-electron chi connectivity index (χ0n) is 19.7. The molecule has 0 aliphatic carbocycles. The van der Waals surface area contributed by atoms with Crippen LogP contribution in [-0.4, -0.2) is 39.4 Å². The summed E-state index contributed by atoms with van der Waals surface area (Å²) in [5, 5.41) is 14.4. The lowest BCUT2D eigenvalue weighted by molar-refractivity contribution is -0.113. The van der Waals surface area contributed by atoms with E-state index in [4.69, 9.17) is 4.74 Å². The number of carbonyl (C=O) groups excluding carboxylic acids is 2. The number of methoxy groups -OCH3 is 1. The fourth-order valence-corrected chi connectivity index (χ4v) is 4.26. The summed E-state index contributed by atoms with van der Waals surface area (Å²) in [4.78, 5) is 25.2. The number of aryl methyl sites for hydroxylation is 1. The molecule has 8 nitrogen and oxygen atoms in total. The minimum atomic E-state index is -0.514. The summed E-state index contributed by atoms with van der Waals surface area (Å²) in [6.07, 6.45) is 0. The van der Waals surface area contributed by atoms with Crippen molar-refractivity contribution in [3.05, 3.63) is 95.6 Å². The topological polar surface area (TPSA) is 98.1 Å². The number of hydrogen-bond acceptors (Lipinski definition) is 6. The quantitative estimate of drug-likeness (QED) is 0.328. The van der Waals surface area contributed by atoms with Crippen molar-refractivity contribution < 1.29 is 18.7 Å². The Morgan fingerprint density at radius 3 is 2.58 bits per heavy atom. The fourth-order valence-electron chi connectivity index (χ4n) is 3.49. The molecule has 10 heteroatoms. The third-order valence-electron chi connectivity index (χ3n) is 5.19. The van der Waals surface area contributed by atoms with Crippen LogP contribution in [0.1, 0.15) is 21.7 Å². The summed E-state index contributed by atoms with van der Waals surface area (Å²) in [6.45, 7) is 2.01. The Labute approximate surface area is 211 Å². The second-order valence-electron chi connectivity index (χ2n) is 7.77. The average molecular weight is 506 g/mol. The Bertz CT molecular complexity index is 1390. The number of amides is 2. The monoisotopic (exact) mass is 505 g/mol. The second-order valence-corrected chi connectivity index (χ2v) is 8.72. The van der Waals surface area contributed by atoms with Gasteiger partial charge in [-0.05, 0) is 43.3 Å². The van der Waals surface area contributed by atoms with Crippen LogP contribution in [0.2, 0.25) is 0 Å². The molecule has 3 aromatic carbocycles. The van der Waals surface area contributed by atoms with E-state index in [-0.39, 0.29) is 23.9 Å². The summed E-state index contributed by atoms with van der Waals surface area (Å²) in [7, 11) is 1.55. The van der Waals surface area contributed by atoms with E-state index in [1.807, 2.05) is 37.3 Å². The number of thioether (sulfide) groups is 1. The molecule has 0 fully saturated rings. The number of ether oxygens (including phenoxy) is 1. The van der Waals surface area contributed by atoms with Gasteiger partial charge >= 0.3 is 0 Å². The van der Waals surface area contributed by atoms with E-state index in [1.165, 1.54) is 12.1 Å². The molecule has 1 aromatic heterocycles. The Morgan fingerprint density at radius 2 is 1.81 bits per heavy atom. The number of nitrogens with one attached hydrogen (secondary N) is 2. The van der Waals surface area contributed by atoms with Gasteiger partial charge in [0.05, 0.1) is 30.8 Å². The highest BCUT2D eigenvalue weighted by molar-refractivity contribution is 7.99. The molecule has 0 unspecified atom stereocenters. The predicted octanol–water partition coefficient (Wildman–Crippen LogP) is 4.38. The van der Waals surface area contributed by atoms with Crippen molar-refractivity contribution in [3.8, 4) is 11.4 Å². The minimum absolute atomic E-state index is 0.0305. The van der Waals surface area contributed by atoms with E-state index in [2.05, 4.69) is 20.8 Å². The Kier molecular flexibility index (Phi) is 7.96. The van der Waals surface area contributed by atoms with Crippen LogP contribution in [0.4, 0.5) is 10.1 Å². The molecule has 0 saturated carbocycles. The molecule has 1 heterocycles.